The van der Waals surface area contributed by atoms with E-state index in [4.69, 9.17) is 0 Å². The molecule has 0 bridgehead atoms. The molecule has 10 heteroatoms. The molecule has 0 saturated carbocycles. The number of ether oxygens (including phenoxy) is 1. The highest BCUT2D eigenvalue weighted by Crippen LogP contribution is 2.26. The number of benzene rings is 1. The van der Waals surface area contributed by atoms with Crippen LogP contribution in [0.1, 0.15) is 0 Å². The molecule has 1 aromatic carbocycles. The largest absolute Gasteiger partial charge is 0.468 e. The summed E-state index contributed by atoms with van der Waals surface area (Å²) in [6, 6.07) is 3.23. The molecular formula is C13H16FNO6S2. The van der Waals surface area contributed by atoms with Crippen molar-refractivity contribution in [3.8, 4) is 0 Å². The van der Waals surface area contributed by atoms with E-state index < -0.39 is 54.3 Å². The van der Waals surface area contributed by atoms with E-state index >= 15 is 0 Å². The molecule has 2 atom stereocenters. The molecule has 0 radical (unpaired) electrons. The Morgan fingerprint density at radius 1 is 1.30 bits per heavy atom. The van der Waals surface area contributed by atoms with Gasteiger partial charge in [0.15, 0.2) is 19.7 Å². The molecule has 0 aromatic heterocycles. The van der Waals surface area contributed by atoms with Crippen molar-refractivity contribution in [2.75, 3.05) is 25.2 Å². The zero-order valence-electron chi connectivity index (χ0n) is 12.2. The van der Waals surface area contributed by atoms with E-state index in [-0.39, 0.29) is 11.4 Å². The highest BCUT2D eigenvalue weighted by atomic mass is 32.2. The SMILES string of the molecule is COC(=O)CN[C@H]1CS(=O)(=O)C[C@@H]1S(=O)(=O)c1ccc(F)cc1. The molecular weight excluding hydrogens is 349 g/mol. The highest BCUT2D eigenvalue weighted by molar-refractivity contribution is 7.96. The summed E-state index contributed by atoms with van der Waals surface area (Å²) in [6.45, 7) is -0.299. The number of methoxy groups -OCH3 is 1. The standard InChI is InChI=1S/C13H16FNO6S2/c1-21-13(16)6-15-11-7-22(17,18)8-12(11)23(19,20)10-4-2-9(14)3-5-10/h2-5,11-12,15H,6-8H2,1H3/t11-,12-/m0/s1. The van der Waals surface area contributed by atoms with Crippen molar-refractivity contribution in [2.45, 2.75) is 16.2 Å². The highest BCUT2D eigenvalue weighted by Gasteiger charge is 2.45. The van der Waals surface area contributed by atoms with Gasteiger partial charge in [-0.1, -0.05) is 0 Å². The van der Waals surface area contributed by atoms with E-state index in [1.54, 1.807) is 0 Å². The average molecular weight is 365 g/mol. The number of carbonyl (C=O) groups excluding carboxylic acids is 1. The van der Waals surface area contributed by atoms with Crippen molar-refractivity contribution >= 4 is 25.6 Å². The van der Waals surface area contributed by atoms with E-state index in [2.05, 4.69) is 10.1 Å². The Balaban J connectivity index is 2.29. The van der Waals surface area contributed by atoms with E-state index in [9.17, 15) is 26.0 Å². The first-order chi connectivity index (χ1) is 10.7. The summed E-state index contributed by atoms with van der Waals surface area (Å²) in [6.07, 6.45) is 0. The van der Waals surface area contributed by atoms with Gasteiger partial charge >= 0.3 is 5.97 Å². The quantitative estimate of drug-likeness (QED) is 0.555. The third-order valence-corrected chi connectivity index (χ3v) is 7.74. The van der Waals surface area contributed by atoms with Gasteiger partial charge in [-0.3, -0.25) is 4.79 Å². The van der Waals surface area contributed by atoms with Gasteiger partial charge in [0.25, 0.3) is 0 Å². The zero-order chi connectivity index (χ0) is 17.3. The predicted molar refractivity (Wildman–Crippen MR) is 79.8 cm³/mol. The fourth-order valence-electron chi connectivity index (χ4n) is 2.40. The summed E-state index contributed by atoms with van der Waals surface area (Å²) in [7, 11) is -6.39. The van der Waals surface area contributed by atoms with Crippen LogP contribution in [-0.4, -0.2) is 59.3 Å². The second-order valence-electron chi connectivity index (χ2n) is 5.18. The Hall–Kier alpha value is -1.52. The van der Waals surface area contributed by atoms with Gasteiger partial charge in [-0.15, -0.1) is 0 Å². The first-order valence-electron chi connectivity index (χ1n) is 6.66. The van der Waals surface area contributed by atoms with E-state index in [0.29, 0.717) is 0 Å². The molecule has 0 amide bonds. The van der Waals surface area contributed by atoms with Gasteiger partial charge in [-0.25, -0.2) is 21.2 Å². The molecule has 0 aliphatic carbocycles. The van der Waals surface area contributed by atoms with Gasteiger partial charge < -0.3 is 10.1 Å². The minimum atomic E-state index is -3.99. The Labute approximate surface area is 133 Å². The van der Waals surface area contributed by atoms with Crippen molar-refractivity contribution in [1.29, 1.82) is 0 Å². The fourth-order valence-corrected chi connectivity index (χ4v) is 7.11. The Kier molecular flexibility index (Phi) is 5.07. The average Bonchev–Trinajstić information content (AvgIpc) is 2.81. The number of hydrogen-bond acceptors (Lipinski definition) is 7. The minimum Gasteiger partial charge on any atom is -0.468 e. The Morgan fingerprint density at radius 3 is 2.48 bits per heavy atom. The fraction of sp³-hybridized carbons (Fsp3) is 0.462. The van der Waals surface area contributed by atoms with Crippen LogP contribution >= 0.6 is 0 Å². The molecule has 23 heavy (non-hydrogen) atoms. The first-order valence-corrected chi connectivity index (χ1v) is 10.0. The third-order valence-electron chi connectivity index (χ3n) is 3.58. The van der Waals surface area contributed by atoms with Gasteiger partial charge in [-0.2, -0.15) is 0 Å². The van der Waals surface area contributed by atoms with Crippen LogP contribution in [0.5, 0.6) is 0 Å². The van der Waals surface area contributed by atoms with Crippen LogP contribution < -0.4 is 5.32 Å². The van der Waals surface area contributed by atoms with Crippen molar-refractivity contribution in [1.82, 2.24) is 5.32 Å². The number of sulfone groups is 2. The van der Waals surface area contributed by atoms with Crippen LogP contribution in [0, 0.1) is 5.82 Å². The molecule has 1 heterocycles. The molecule has 1 aromatic rings. The van der Waals surface area contributed by atoms with Crippen LogP contribution in [0.2, 0.25) is 0 Å². The van der Waals surface area contributed by atoms with E-state index in [0.717, 1.165) is 24.3 Å². The second-order valence-corrected chi connectivity index (χ2v) is 9.50. The molecule has 128 valence electrons. The number of carbonyl (C=O) groups is 1. The molecule has 1 aliphatic heterocycles. The van der Waals surface area contributed by atoms with E-state index in [1.807, 2.05) is 0 Å². The maximum absolute atomic E-state index is 12.9. The number of halogens is 1. The maximum atomic E-state index is 12.9. The molecule has 1 aliphatic rings. The maximum Gasteiger partial charge on any atom is 0.319 e. The second kappa shape index (κ2) is 6.54. The molecule has 0 unspecified atom stereocenters. The topological polar surface area (TPSA) is 107 Å². The van der Waals surface area contributed by atoms with Gasteiger partial charge in [0, 0.05) is 6.04 Å². The molecule has 2 rings (SSSR count). The van der Waals surface area contributed by atoms with Crippen LogP contribution in [0.4, 0.5) is 4.39 Å². The lowest BCUT2D eigenvalue weighted by Crippen LogP contribution is -2.45. The summed E-state index contributed by atoms with van der Waals surface area (Å²) in [5.41, 5.74) is 0. The number of rotatable bonds is 5. The van der Waals surface area contributed by atoms with Crippen LogP contribution in [0.3, 0.4) is 0 Å². The van der Waals surface area contributed by atoms with E-state index in [1.165, 1.54) is 7.11 Å². The van der Waals surface area contributed by atoms with Crippen molar-refractivity contribution in [3.05, 3.63) is 30.1 Å². The summed E-state index contributed by atoms with van der Waals surface area (Å²) < 4.78 is 66.2. The van der Waals surface area contributed by atoms with Crippen LogP contribution in [0.25, 0.3) is 0 Å². The van der Waals surface area contributed by atoms with Gasteiger partial charge in [0.1, 0.15) is 5.82 Å². The lowest BCUT2D eigenvalue weighted by Gasteiger charge is -2.19. The Bertz CT molecular complexity index is 788. The van der Waals surface area contributed by atoms with Gasteiger partial charge in [0.2, 0.25) is 0 Å². The lowest BCUT2D eigenvalue weighted by atomic mass is 10.2. The zero-order valence-corrected chi connectivity index (χ0v) is 13.9. The summed E-state index contributed by atoms with van der Waals surface area (Å²) in [4.78, 5) is 11.0. The summed E-state index contributed by atoms with van der Waals surface area (Å²) in [5.74, 6) is -2.17. The van der Waals surface area contributed by atoms with Crippen molar-refractivity contribution < 1.29 is 30.8 Å². The van der Waals surface area contributed by atoms with Crippen LogP contribution in [0.15, 0.2) is 29.2 Å². The summed E-state index contributed by atoms with van der Waals surface area (Å²) >= 11 is 0. The summed E-state index contributed by atoms with van der Waals surface area (Å²) in [5, 5.41) is 1.37. The molecule has 1 fully saturated rings. The first kappa shape index (κ1) is 17.8. The molecule has 0 spiro atoms. The minimum absolute atomic E-state index is 0.161. The van der Waals surface area contributed by atoms with Crippen molar-refractivity contribution in [2.24, 2.45) is 0 Å². The number of hydrogen-bond donors (Lipinski definition) is 1. The third kappa shape index (κ3) is 4.06. The Morgan fingerprint density at radius 2 is 1.91 bits per heavy atom. The monoisotopic (exact) mass is 365 g/mol. The number of nitrogens with one attached hydrogen (secondary N) is 1. The van der Waals surface area contributed by atoms with Gasteiger partial charge in [0.05, 0.1) is 35.3 Å². The van der Waals surface area contributed by atoms with Crippen LogP contribution in [-0.2, 0) is 29.2 Å². The number of esters is 1. The van der Waals surface area contributed by atoms with Gasteiger partial charge in [-0.05, 0) is 24.3 Å². The molecule has 1 N–H and O–H groups in total. The predicted octanol–water partition coefficient (Wildman–Crippen LogP) is -0.472. The lowest BCUT2D eigenvalue weighted by molar-refractivity contribution is -0.139. The molecule has 7 nitrogen and oxygen atoms in total. The smallest absolute Gasteiger partial charge is 0.319 e. The normalized spacial score (nSPS) is 23.6. The van der Waals surface area contributed by atoms with Crippen molar-refractivity contribution in [3.63, 3.8) is 0 Å². The molecule has 1 saturated heterocycles.